The number of rotatable bonds is 30. The van der Waals surface area contributed by atoms with E-state index in [4.69, 9.17) is 9.15 Å². The average molecular weight is 750 g/mol. The van der Waals surface area contributed by atoms with Crippen molar-refractivity contribution in [3.05, 3.63) is 45.1 Å². The van der Waals surface area contributed by atoms with Gasteiger partial charge in [0.05, 0.1) is 5.57 Å². The number of unbranched alkanes of at least 4 members (excludes halogenated alkanes) is 20. The number of ketones is 1. The second kappa shape index (κ2) is 25.4. The molecule has 54 heavy (non-hydrogen) atoms. The summed E-state index contributed by atoms with van der Waals surface area (Å²) in [7, 11) is 0. The maximum atomic E-state index is 14.0. The van der Waals surface area contributed by atoms with Crippen LogP contribution in [0.4, 0.5) is 5.88 Å². The lowest BCUT2D eigenvalue weighted by molar-refractivity contribution is -0.535. The largest absolute Gasteiger partial charge is 0.506 e. The van der Waals surface area contributed by atoms with Crippen LogP contribution in [-0.4, -0.2) is 47.5 Å². The molecule has 0 aromatic carbocycles. The quantitative estimate of drug-likeness (QED) is 0.0482. The van der Waals surface area contributed by atoms with Gasteiger partial charge in [-0.05, 0) is 53.4 Å². The number of carbonyl (C=O) groups excluding carboxylic acids is 1. The summed E-state index contributed by atoms with van der Waals surface area (Å²) in [5, 5.41) is 11.6. The normalized spacial score (nSPS) is 15.9. The number of hydrogen-bond donors (Lipinski definition) is 1. The Morgan fingerprint density at radius 3 is 1.41 bits per heavy atom. The molecule has 0 unspecified atom stereocenters. The van der Waals surface area contributed by atoms with E-state index in [9.17, 15) is 9.90 Å². The zero-order chi connectivity index (χ0) is 39.3. The summed E-state index contributed by atoms with van der Waals surface area (Å²) in [4.78, 5) is 16.5. The van der Waals surface area contributed by atoms with E-state index < -0.39 is 0 Å². The first kappa shape index (κ1) is 45.6. The van der Waals surface area contributed by atoms with Crippen LogP contribution in [0.15, 0.2) is 32.7 Å². The highest BCUT2D eigenvalue weighted by Gasteiger charge is 2.45. The zero-order valence-corrected chi connectivity index (χ0v) is 36.4. The molecule has 306 valence electrons. The number of aliphatic hydroxyl groups excluding tert-OH is 1. The first-order valence-corrected chi connectivity index (χ1v) is 22.8. The van der Waals surface area contributed by atoms with Gasteiger partial charge >= 0.3 is 5.90 Å². The minimum absolute atomic E-state index is 0.00333. The third kappa shape index (κ3) is 13.2. The number of carbonyl (C=O) groups is 1. The molecule has 1 aromatic rings. The van der Waals surface area contributed by atoms with Gasteiger partial charge in [0.15, 0.2) is 11.6 Å². The van der Waals surface area contributed by atoms with Crippen molar-refractivity contribution in [2.45, 2.75) is 209 Å². The average Bonchev–Trinajstić information content (AvgIpc) is 3.61. The van der Waals surface area contributed by atoms with E-state index in [1.54, 1.807) is 0 Å². The van der Waals surface area contributed by atoms with Crippen LogP contribution in [0.25, 0.3) is 5.57 Å². The van der Waals surface area contributed by atoms with Crippen molar-refractivity contribution in [1.29, 1.82) is 0 Å². The minimum Gasteiger partial charge on any atom is -0.506 e. The summed E-state index contributed by atoms with van der Waals surface area (Å²) in [6.07, 6.45) is 30.0. The molecule has 0 spiro atoms. The topological polar surface area (TPSA) is 65.9 Å². The van der Waals surface area contributed by atoms with Crippen LogP contribution < -0.4 is 4.90 Å². The van der Waals surface area contributed by atoms with Crippen LogP contribution in [-0.2, 0) is 9.53 Å². The van der Waals surface area contributed by atoms with Crippen LogP contribution >= 0.6 is 0 Å². The Balaban J connectivity index is 1.85. The molecular weight excluding hydrogens is 669 g/mol. The summed E-state index contributed by atoms with van der Waals surface area (Å²) in [6, 6.07) is 0. The molecule has 1 aliphatic heterocycles. The smallest absolute Gasteiger partial charge is 0.371 e. The molecule has 6 nitrogen and oxygen atoms in total. The molecule has 0 saturated heterocycles. The van der Waals surface area contributed by atoms with E-state index in [-0.39, 0.29) is 11.5 Å². The number of hydrogen-bond acceptors (Lipinski definition) is 5. The molecule has 0 amide bonds. The number of nitrogens with zero attached hydrogens (tertiary/aromatic N) is 2. The third-order valence-electron chi connectivity index (χ3n) is 11.9. The van der Waals surface area contributed by atoms with Crippen molar-refractivity contribution < 1.29 is 23.6 Å². The molecule has 2 heterocycles. The predicted octanol–water partition coefficient (Wildman–Crippen LogP) is 14.0. The van der Waals surface area contributed by atoms with E-state index in [0.717, 1.165) is 85.9 Å². The highest BCUT2D eigenvalue weighted by atomic mass is 16.5. The summed E-state index contributed by atoms with van der Waals surface area (Å²) in [5.41, 5.74) is 4.59. The maximum Gasteiger partial charge on any atom is 0.371 e. The van der Waals surface area contributed by atoms with E-state index in [2.05, 4.69) is 51.0 Å². The lowest BCUT2D eigenvalue weighted by Gasteiger charge is -2.24. The van der Waals surface area contributed by atoms with Gasteiger partial charge in [-0.2, -0.15) is 4.58 Å². The molecule has 3 rings (SSSR count). The van der Waals surface area contributed by atoms with Gasteiger partial charge in [-0.1, -0.05) is 143 Å². The highest BCUT2D eigenvalue weighted by Crippen LogP contribution is 2.45. The summed E-state index contributed by atoms with van der Waals surface area (Å²) in [6.45, 7) is 21.1. The molecule has 0 atom stereocenters. The molecule has 1 aromatic heterocycles. The van der Waals surface area contributed by atoms with Gasteiger partial charge < -0.3 is 19.2 Å². The number of aliphatic hydroxyl groups is 1. The van der Waals surface area contributed by atoms with Gasteiger partial charge in [-0.25, -0.2) is 0 Å². The van der Waals surface area contributed by atoms with Crippen molar-refractivity contribution in [2.24, 2.45) is 0 Å². The summed E-state index contributed by atoms with van der Waals surface area (Å²) < 4.78 is 15.6. The Hall–Kier alpha value is -2.76. The van der Waals surface area contributed by atoms with Gasteiger partial charge in [0.2, 0.25) is 5.78 Å². The number of anilines is 1. The van der Waals surface area contributed by atoms with Crippen LogP contribution in [0.1, 0.15) is 213 Å². The number of Topliss-reactive ketones (excluding diaryl/α,β-unsaturated/α-hetero) is 1. The molecule has 6 heteroatoms. The predicted molar refractivity (Wildman–Crippen MR) is 230 cm³/mol. The van der Waals surface area contributed by atoms with Crippen molar-refractivity contribution >= 4 is 23.1 Å². The molecule has 0 radical (unpaired) electrons. The van der Waals surface area contributed by atoms with Gasteiger partial charge in [-0.15, -0.1) is 0 Å². The van der Waals surface area contributed by atoms with E-state index in [1.165, 1.54) is 128 Å². The second-order valence-corrected chi connectivity index (χ2v) is 16.4. The third-order valence-corrected chi connectivity index (χ3v) is 11.9. The number of ether oxygens (including phenoxy) is 1. The van der Waals surface area contributed by atoms with Crippen molar-refractivity contribution in [1.82, 2.24) is 0 Å². The molecule has 0 saturated carbocycles. The zero-order valence-electron chi connectivity index (χ0n) is 36.4. The van der Waals surface area contributed by atoms with Crippen LogP contribution in [0.3, 0.4) is 0 Å². The summed E-state index contributed by atoms with van der Waals surface area (Å²) in [5.74, 6) is 2.56. The molecule has 2 aliphatic rings. The van der Waals surface area contributed by atoms with Crippen molar-refractivity contribution in [3.8, 4) is 0 Å². The number of furan rings is 1. The first-order chi connectivity index (χ1) is 26.2. The Kier molecular flexibility index (Phi) is 21.5. The van der Waals surface area contributed by atoms with Gasteiger partial charge in [-0.3, -0.25) is 4.79 Å². The standard InChI is InChI=1S/C48H80N2O4/c1-9-13-17-21-25-29-33-49(34-30-26-22-18-14-10-2)47-39(7)37(5)45(53-47)41-43(51)42(44(41)52)46-38(6)40(8)48(54-46)50(35-31-27-23-19-15-11-3)36-32-28-24-20-16-12-4/h9-36H2,1-8H3/p+1. The van der Waals surface area contributed by atoms with Crippen LogP contribution in [0, 0.1) is 13.8 Å². The fourth-order valence-electron chi connectivity index (χ4n) is 8.03. The fourth-order valence-corrected chi connectivity index (χ4v) is 8.03. The second-order valence-electron chi connectivity index (χ2n) is 16.4. The van der Waals surface area contributed by atoms with Gasteiger partial charge in [0.1, 0.15) is 35.8 Å². The lowest BCUT2D eigenvalue weighted by atomic mass is 9.83. The van der Waals surface area contributed by atoms with Crippen molar-refractivity contribution in [2.75, 3.05) is 31.1 Å². The minimum atomic E-state index is -0.184. The molecule has 0 fully saturated rings. The molecule has 0 bridgehead atoms. The lowest BCUT2D eigenvalue weighted by Crippen LogP contribution is -2.27. The highest BCUT2D eigenvalue weighted by molar-refractivity contribution is 6.39. The van der Waals surface area contributed by atoms with Crippen LogP contribution in [0.5, 0.6) is 0 Å². The monoisotopic (exact) mass is 750 g/mol. The van der Waals surface area contributed by atoms with Crippen LogP contribution in [0.2, 0.25) is 0 Å². The van der Waals surface area contributed by atoms with Gasteiger partial charge in [0.25, 0.3) is 0 Å². The van der Waals surface area contributed by atoms with E-state index >= 15 is 0 Å². The SMILES string of the molecule is CCCCCCCCN(CCCCCCCC)c1oc(C2=C(O)/C(=C3/OC(=[N+](CCCCCCCC)CCCCCCCC)C(C)=C3C)C2=O)c(C)c1C. The maximum absolute atomic E-state index is 14.0. The summed E-state index contributed by atoms with van der Waals surface area (Å²) >= 11 is 0. The van der Waals surface area contributed by atoms with Gasteiger partial charge in [0, 0.05) is 42.6 Å². The first-order valence-electron chi connectivity index (χ1n) is 22.8. The Labute approximate surface area is 331 Å². The van der Waals surface area contributed by atoms with Crippen molar-refractivity contribution in [3.63, 3.8) is 0 Å². The molecular formula is C48H81N2O4+. The molecule has 1 N–H and O–H groups in total. The fraction of sp³-hybridized carbons (Fsp3) is 0.750. The Morgan fingerprint density at radius 1 is 0.537 bits per heavy atom. The Morgan fingerprint density at radius 2 is 0.963 bits per heavy atom. The number of allylic oxidation sites excluding steroid dienone is 3. The van der Waals surface area contributed by atoms with E-state index in [0.29, 0.717) is 22.7 Å². The Bertz CT molecular complexity index is 1390. The van der Waals surface area contributed by atoms with E-state index in [1.807, 2.05) is 13.8 Å². The molecule has 1 aliphatic carbocycles.